The number of nitrogens with zero attached hydrogens (tertiary/aromatic N) is 2. The van der Waals surface area contributed by atoms with E-state index in [2.05, 4.69) is 15.2 Å². The Balaban J connectivity index is 2.64. The summed E-state index contributed by atoms with van der Waals surface area (Å²) in [4.78, 5) is 18.7. The van der Waals surface area contributed by atoms with Crippen LogP contribution in [0, 0.1) is 0 Å². The van der Waals surface area contributed by atoms with Crippen LogP contribution in [0.15, 0.2) is 0 Å². The number of nitrogen functional groups attached to an aromatic ring is 1. The second kappa shape index (κ2) is 7.96. The quantitative estimate of drug-likeness (QED) is 0.705. The summed E-state index contributed by atoms with van der Waals surface area (Å²) >= 11 is 1.33. The van der Waals surface area contributed by atoms with E-state index in [0.29, 0.717) is 30.5 Å². The second-order valence-corrected chi connectivity index (χ2v) is 4.81. The normalized spacial score (nSPS) is 10.5. The van der Waals surface area contributed by atoms with Crippen molar-refractivity contribution < 1.29 is 9.53 Å². The average Bonchev–Trinajstić information content (AvgIpc) is 2.78. The predicted octanol–water partition coefficient (Wildman–Crippen LogP) is 1.34. The zero-order chi connectivity index (χ0) is 14.3. The van der Waals surface area contributed by atoms with E-state index in [9.17, 15) is 4.79 Å². The van der Waals surface area contributed by atoms with Gasteiger partial charge in [-0.25, -0.2) is 4.98 Å². The highest BCUT2D eigenvalue weighted by molar-refractivity contribution is 7.18. The molecular formula is C12H22N4O2S. The van der Waals surface area contributed by atoms with E-state index in [1.807, 2.05) is 20.8 Å². The number of nitrogens with one attached hydrogen (secondary N) is 1. The van der Waals surface area contributed by atoms with Gasteiger partial charge in [-0.1, -0.05) is 11.3 Å². The monoisotopic (exact) mass is 286 g/mol. The molecule has 0 saturated carbocycles. The molecule has 0 radical (unpaired) electrons. The molecule has 0 spiro atoms. The summed E-state index contributed by atoms with van der Waals surface area (Å²) in [5, 5.41) is 3.56. The molecule has 1 heterocycles. The van der Waals surface area contributed by atoms with Gasteiger partial charge >= 0.3 is 0 Å². The number of hydrogen-bond acceptors (Lipinski definition) is 6. The first kappa shape index (κ1) is 15.7. The van der Waals surface area contributed by atoms with E-state index in [-0.39, 0.29) is 5.91 Å². The van der Waals surface area contributed by atoms with Crippen LogP contribution in [0.4, 0.5) is 10.9 Å². The molecule has 0 bridgehead atoms. The molecule has 108 valence electrons. The van der Waals surface area contributed by atoms with Crippen LogP contribution in [-0.2, 0) is 4.74 Å². The van der Waals surface area contributed by atoms with Crippen molar-refractivity contribution in [1.29, 1.82) is 0 Å². The highest BCUT2D eigenvalue weighted by Crippen LogP contribution is 2.27. The molecule has 0 saturated heterocycles. The van der Waals surface area contributed by atoms with Crippen LogP contribution in [0.25, 0.3) is 0 Å². The fourth-order valence-electron chi connectivity index (χ4n) is 1.57. The van der Waals surface area contributed by atoms with Crippen molar-refractivity contribution in [3.05, 3.63) is 4.88 Å². The van der Waals surface area contributed by atoms with E-state index in [1.54, 1.807) is 0 Å². The lowest BCUT2D eigenvalue weighted by Gasteiger charge is -2.16. The molecule has 0 aliphatic heterocycles. The Morgan fingerprint density at radius 1 is 1.42 bits per heavy atom. The van der Waals surface area contributed by atoms with Gasteiger partial charge in [0.1, 0.15) is 10.7 Å². The second-order valence-electron chi connectivity index (χ2n) is 3.84. The maximum absolute atomic E-state index is 11.9. The molecule has 19 heavy (non-hydrogen) atoms. The predicted molar refractivity (Wildman–Crippen MR) is 78.9 cm³/mol. The standard InChI is InChI=1S/C12H22N4O2S/c1-4-16(5-2)12-15-10(13)9(19-12)11(17)14-7-8-18-6-3/h4-8,13H2,1-3H3,(H,14,17). The number of nitrogens with two attached hydrogens (primary N) is 1. The molecule has 6 nitrogen and oxygen atoms in total. The lowest BCUT2D eigenvalue weighted by Crippen LogP contribution is -2.27. The fourth-order valence-corrected chi connectivity index (χ4v) is 2.60. The molecule has 0 fully saturated rings. The Kier molecular flexibility index (Phi) is 6.58. The van der Waals surface area contributed by atoms with Crippen molar-refractivity contribution in [3.63, 3.8) is 0 Å². The molecule has 0 aromatic carbocycles. The number of anilines is 2. The van der Waals surface area contributed by atoms with E-state index in [4.69, 9.17) is 10.5 Å². The summed E-state index contributed by atoms with van der Waals surface area (Å²) in [6.07, 6.45) is 0. The molecule has 1 rings (SSSR count). The lowest BCUT2D eigenvalue weighted by molar-refractivity contribution is 0.0927. The highest BCUT2D eigenvalue weighted by Gasteiger charge is 2.18. The summed E-state index contributed by atoms with van der Waals surface area (Å²) in [6, 6.07) is 0. The van der Waals surface area contributed by atoms with Gasteiger partial charge in [-0.2, -0.15) is 0 Å². The molecule has 3 N–H and O–H groups in total. The number of ether oxygens (including phenoxy) is 1. The summed E-state index contributed by atoms with van der Waals surface area (Å²) in [5.74, 6) is 0.105. The summed E-state index contributed by atoms with van der Waals surface area (Å²) in [6.45, 7) is 9.31. The first-order valence-corrected chi connectivity index (χ1v) is 7.32. The van der Waals surface area contributed by atoms with Gasteiger partial charge in [-0.3, -0.25) is 4.79 Å². The molecule has 0 atom stereocenters. The number of rotatable bonds is 8. The van der Waals surface area contributed by atoms with E-state index in [0.717, 1.165) is 18.2 Å². The van der Waals surface area contributed by atoms with Crippen molar-refractivity contribution in [2.24, 2.45) is 0 Å². The maximum atomic E-state index is 11.9. The zero-order valence-corrected chi connectivity index (χ0v) is 12.5. The molecule has 7 heteroatoms. The number of aromatic nitrogens is 1. The molecule has 1 aromatic heterocycles. The fraction of sp³-hybridized carbons (Fsp3) is 0.667. The van der Waals surface area contributed by atoms with Crippen molar-refractivity contribution >= 4 is 28.2 Å². The Labute approximate surface area is 118 Å². The average molecular weight is 286 g/mol. The van der Waals surface area contributed by atoms with Crippen LogP contribution in [0.5, 0.6) is 0 Å². The van der Waals surface area contributed by atoms with Gasteiger partial charge in [-0.15, -0.1) is 0 Å². The van der Waals surface area contributed by atoms with Crippen LogP contribution in [0.2, 0.25) is 0 Å². The Morgan fingerprint density at radius 3 is 2.68 bits per heavy atom. The summed E-state index contributed by atoms with van der Waals surface area (Å²) < 4.78 is 5.16. The molecular weight excluding hydrogens is 264 g/mol. The third-order valence-electron chi connectivity index (χ3n) is 2.62. The third kappa shape index (κ3) is 4.36. The van der Waals surface area contributed by atoms with Crippen LogP contribution in [-0.4, -0.2) is 43.7 Å². The van der Waals surface area contributed by atoms with E-state index in [1.165, 1.54) is 11.3 Å². The Morgan fingerprint density at radius 2 is 2.11 bits per heavy atom. The maximum Gasteiger partial charge on any atom is 0.265 e. The van der Waals surface area contributed by atoms with Crippen molar-refractivity contribution in [2.75, 3.05) is 43.5 Å². The minimum atomic E-state index is -0.187. The summed E-state index contributed by atoms with van der Waals surface area (Å²) in [7, 11) is 0. The first-order valence-electron chi connectivity index (χ1n) is 6.51. The van der Waals surface area contributed by atoms with Gasteiger partial charge in [0.2, 0.25) is 0 Å². The SMILES string of the molecule is CCOCCNC(=O)c1sc(N(CC)CC)nc1N. The smallest absolute Gasteiger partial charge is 0.265 e. The number of amides is 1. The largest absolute Gasteiger partial charge is 0.382 e. The van der Waals surface area contributed by atoms with Crippen molar-refractivity contribution in [3.8, 4) is 0 Å². The van der Waals surface area contributed by atoms with Gasteiger partial charge in [0, 0.05) is 26.2 Å². The third-order valence-corrected chi connectivity index (χ3v) is 3.75. The minimum Gasteiger partial charge on any atom is -0.382 e. The summed E-state index contributed by atoms with van der Waals surface area (Å²) in [5.41, 5.74) is 5.80. The molecule has 1 aromatic rings. The highest BCUT2D eigenvalue weighted by atomic mass is 32.1. The van der Waals surface area contributed by atoms with Crippen LogP contribution in [0.3, 0.4) is 0 Å². The van der Waals surface area contributed by atoms with Crippen LogP contribution in [0.1, 0.15) is 30.4 Å². The molecule has 0 aliphatic carbocycles. The van der Waals surface area contributed by atoms with Gasteiger partial charge in [0.15, 0.2) is 5.13 Å². The number of hydrogen-bond donors (Lipinski definition) is 2. The molecule has 0 aliphatic rings. The van der Waals surface area contributed by atoms with Crippen LogP contribution >= 0.6 is 11.3 Å². The number of carbonyl (C=O) groups is 1. The van der Waals surface area contributed by atoms with Crippen LogP contribution < -0.4 is 16.0 Å². The van der Waals surface area contributed by atoms with Gasteiger partial charge in [0.05, 0.1) is 6.61 Å². The van der Waals surface area contributed by atoms with Gasteiger partial charge in [0.25, 0.3) is 5.91 Å². The van der Waals surface area contributed by atoms with E-state index < -0.39 is 0 Å². The van der Waals surface area contributed by atoms with Gasteiger partial charge in [-0.05, 0) is 20.8 Å². The number of carbonyl (C=O) groups excluding carboxylic acids is 1. The molecule has 0 unspecified atom stereocenters. The lowest BCUT2D eigenvalue weighted by atomic mass is 10.4. The van der Waals surface area contributed by atoms with Crippen molar-refractivity contribution in [2.45, 2.75) is 20.8 Å². The zero-order valence-electron chi connectivity index (χ0n) is 11.7. The number of thiazole rings is 1. The topological polar surface area (TPSA) is 80.5 Å². The molecule has 1 amide bonds. The van der Waals surface area contributed by atoms with Gasteiger partial charge < -0.3 is 20.7 Å². The Bertz CT molecular complexity index is 404. The van der Waals surface area contributed by atoms with E-state index >= 15 is 0 Å². The first-order chi connectivity index (χ1) is 9.13. The Hall–Kier alpha value is -1.34. The van der Waals surface area contributed by atoms with Crippen molar-refractivity contribution in [1.82, 2.24) is 10.3 Å². The minimum absolute atomic E-state index is 0.187.